The number of nitrogens with one attached hydrogen (secondary N) is 2. The van der Waals surface area contributed by atoms with Gasteiger partial charge < -0.3 is 10.3 Å². The van der Waals surface area contributed by atoms with Crippen LogP contribution in [0.3, 0.4) is 0 Å². The summed E-state index contributed by atoms with van der Waals surface area (Å²) in [4.78, 5) is 33.5. The summed E-state index contributed by atoms with van der Waals surface area (Å²) in [7, 11) is 0. The molecule has 0 radical (unpaired) electrons. The van der Waals surface area contributed by atoms with Gasteiger partial charge in [0.2, 0.25) is 11.8 Å². The Hall–Kier alpha value is -3.22. The first-order valence-corrected chi connectivity index (χ1v) is 7.85. The summed E-state index contributed by atoms with van der Waals surface area (Å²) in [6, 6.07) is 7.83. The third-order valence-electron chi connectivity index (χ3n) is 4.33. The van der Waals surface area contributed by atoms with Crippen molar-refractivity contribution in [3.05, 3.63) is 53.6 Å². The van der Waals surface area contributed by atoms with E-state index in [1.54, 1.807) is 24.4 Å². The minimum absolute atomic E-state index is 0.0541. The largest absolute Gasteiger partial charge is 0.358 e. The van der Waals surface area contributed by atoms with Gasteiger partial charge in [0.1, 0.15) is 12.4 Å². The highest BCUT2D eigenvalue weighted by molar-refractivity contribution is 6.09. The number of fused-ring (bicyclic) bond motifs is 2. The Morgan fingerprint density at radius 3 is 3.04 bits per heavy atom. The van der Waals surface area contributed by atoms with Crippen molar-refractivity contribution in [2.45, 2.75) is 13.3 Å². The molecule has 0 bridgehead atoms. The van der Waals surface area contributed by atoms with Gasteiger partial charge in [0.15, 0.2) is 5.82 Å². The molecule has 0 saturated carbocycles. The van der Waals surface area contributed by atoms with Gasteiger partial charge in [-0.3, -0.25) is 14.5 Å². The maximum atomic E-state index is 13.6. The van der Waals surface area contributed by atoms with Crippen LogP contribution in [0.4, 0.5) is 15.9 Å². The number of carbonyl (C=O) groups is 2. The first-order valence-electron chi connectivity index (χ1n) is 7.85. The number of rotatable bonds is 2. The quantitative estimate of drug-likeness (QED) is 0.754. The van der Waals surface area contributed by atoms with Crippen LogP contribution < -0.4 is 10.2 Å². The number of H-pyrrole nitrogens is 1. The topological polar surface area (TPSA) is 78.1 Å². The number of aromatic nitrogens is 2. The second-order valence-corrected chi connectivity index (χ2v) is 6.00. The van der Waals surface area contributed by atoms with Crippen LogP contribution in [0.25, 0.3) is 10.9 Å². The molecule has 3 aromatic rings. The second kappa shape index (κ2) is 5.70. The standard InChI is InChI=1S/C18H15FN4O2/c1-10-12(13-7-11(19)4-5-14(13)21-10)8-17(25)23-9-16(24)22-15-3-2-6-20-18(15)23/h2-7,21H,8-9H2,1H3,(H,22,24). The third-order valence-corrected chi connectivity index (χ3v) is 4.33. The van der Waals surface area contributed by atoms with Crippen molar-refractivity contribution in [1.82, 2.24) is 9.97 Å². The lowest BCUT2D eigenvalue weighted by Crippen LogP contribution is -2.43. The lowest BCUT2D eigenvalue weighted by molar-refractivity contribution is -0.121. The van der Waals surface area contributed by atoms with Gasteiger partial charge in [-0.1, -0.05) is 0 Å². The smallest absolute Gasteiger partial charge is 0.244 e. The first kappa shape index (κ1) is 15.3. The van der Waals surface area contributed by atoms with Crippen molar-refractivity contribution in [1.29, 1.82) is 0 Å². The number of anilines is 2. The molecular weight excluding hydrogens is 323 g/mol. The third kappa shape index (κ3) is 2.63. The fourth-order valence-corrected chi connectivity index (χ4v) is 3.15. The SMILES string of the molecule is Cc1[nH]c2ccc(F)cc2c1CC(=O)N1CC(=O)Nc2cccnc21. The molecule has 0 unspecified atom stereocenters. The predicted molar refractivity (Wildman–Crippen MR) is 91.9 cm³/mol. The van der Waals surface area contributed by atoms with Crippen molar-refractivity contribution in [3.63, 3.8) is 0 Å². The number of halogens is 1. The van der Waals surface area contributed by atoms with Crippen LogP contribution >= 0.6 is 0 Å². The van der Waals surface area contributed by atoms with Crippen LogP contribution in [0.1, 0.15) is 11.3 Å². The monoisotopic (exact) mass is 338 g/mol. The molecule has 2 aromatic heterocycles. The summed E-state index contributed by atoms with van der Waals surface area (Å²) < 4.78 is 13.6. The number of hydrogen-bond acceptors (Lipinski definition) is 3. The first-order chi connectivity index (χ1) is 12.0. The van der Waals surface area contributed by atoms with Crippen LogP contribution in [0.15, 0.2) is 36.5 Å². The van der Waals surface area contributed by atoms with Crippen molar-refractivity contribution in [2.24, 2.45) is 0 Å². The number of nitrogens with zero attached hydrogens (tertiary/aromatic N) is 2. The number of carbonyl (C=O) groups excluding carboxylic acids is 2. The highest BCUT2D eigenvalue weighted by Crippen LogP contribution is 2.29. The molecule has 2 N–H and O–H groups in total. The van der Waals surface area contributed by atoms with E-state index in [1.165, 1.54) is 17.0 Å². The van der Waals surface area contributed by atoms with Crippen LogP contribution in [0.5, 0.6) is 0 Å². The van der Waals surface area contributed by atoms with Crippen LogP contribution in [0, 0.1) is 12.7 Å². The Morgan fingerprint density at radius 2 is 2.20 bits per heavy atom. The van der Waals surface area contributed by atoms with Gasteiger partial charge in [-0.05, 0) is 42.8 Å². The molecule has 3 heterocycles. The number of aryl methyl sites for hydroxylation is 1. The van der Waals surface area contributed by atoms with Crippen molar-refractivity contribution >= 4 is 34.2 Å². The number of amides is 2. The second-order valence-electron chi connectivity index (χ2n) is 6.00. The summed E-state index contributed by atoms with van der Waals surface area (Å²) >= 11 is 0. The van der Waals surface area contributed by atoms with Gasteiger partial charge in [-0.2, -0.15) is 0 Å². The lowest BCUT2D eigenvalue weighted by atomic mass is 10.1. The Balaban J connectivity index is 1.71. The van der Waals surface area contributed by atoms with Crippen molar-refractivity contribution in [3.8, 4) is 0 Å². The average Bonchev–Trinajstić information content (AvgIpc) is 2.89. The van der Waals surface area contributed by atoms with Gasteiger partial charge in [0.25, 0.3) is 0 Å². The van der Waals surface area contributed by atoms with Gasteiger partial charge >= 0.3 is 0 Å². The molecule has 7 heteroatoms. The van der Waals surface area contributed by atoms with Gasteiger partial charge in [-0.15, -0.1) is 0 Å². The molecule has 4 rings (SSSR count). The zero-order valence-electron chi connectivity index (χ0n) is 13.5. The summed E-state index contributed by atoms with van der Waals surface area (Å²) in [6.45, 7) is 1.76. The Kier molecular flexibility index (Phi) is 3.49. The minimum atomic E-state index is -0.357. The van der Waals surface area contributed by atoms with E-state index in [0.29, 0.717) is 16.9 Å². The Labute approximate surface area is 142 Å². The summed E-state index contributed by atoms with van der Waals surface area (Å²) in [5.41, 5.74) is 2.81. The number of aromatic amines is 1. The van der Waals surface area contributed by atoms with E-state index in [2.05, 4.69) is 15.3 Å². The molecule has 6 nitrogen and oxygen atoms in total. The average molecular weight is 338 g/mol. The lowest BCUT2D eigenvalue weighted by Gasteiger charge is -2.27. The van der Waals surface area contributed by atoms with Crippen molar-refractivity contribution in [2.75, 3.05) is 16.8 Å². The fourth-order valence-electron chi connectivity index (χ4n) is 3.15. The normalized spacial score (nSPS) is 13.7. The molecule has 0 fully saturated rings. The predicted octanol–water partition coefficient (Wildman–Crippen LogP) is 2.54. The van der Waals surface area contributed by atoms with E-state index in [1.807, 2.05) is 6.92 Å². The summed E-state index contributed by atoms with van der Waals surface area (Å²) in [5, 5.41) is 3.38. The molecule has 0 spiro atoms. The van der Waals surface area contributed by atoms with E-state index in [9.17, 15) is 14.0 Å². The molecule has 1 aliphatic rings. The van der Waals surface area contributed by atoms with Crippen molar-refractivity contribution < 1.29 is 14.0 Å². The van der Waals surface area contributed by atoms with E-state index in [-0.39, 0.29) is 30.6 Å². The molecular formula is C18H15FN4O2. The van der Waals surface area contributed by atoms with Crippen LogP contribution in [-0.2, 0) is 16.0 Å². The number of benzene rings is 1. The Morgan fingerprint density at radius 1 is 1.36 bits per heavy atom. The van der Waals surface area contributed by atoms with Crippen LogP contribution in [-0.4, -0.2) is 28.3 Å². The highest BCUT2D eigenvalue weighted by Gasteiger charge is 2.28. The molecule has 0 aliphatic carbocycles. The molecule has 0 atom stereocenters. The van der Waals surface area contributed by atoms with E-state index in [4.69, 9.17) is 0 Å². The summed E-state index contributed by atoms with van der Waals surface area (Å²) in [6.07, 6.45) is 1.63. The van der Waals surface area contributed by atoms with Gasteiger partial charge in [-0.25, -0.2) is 9.37 Å². The molecule has 126 valence electrons. The number of hydrogen-bond donors (Lipinski definition) is 2. The summed E-state index contributed by atoms with van der Waals surface area (Å²) in [5.74, 6) is -0.459. The Bertz CT molecular complexity index is 1010. The fraction of sp³-hybridized carbons (Fsp3) is 0.167. The van der Waals surface area contributed by atoms with Gasteiger partial charge in [0.05, 0.1) is 12.1 Å². The maximum Gasteiger partial charge on any atom is 0.244 e. The number of pyridine rings is 1. The molecule has 1 aromatic carbocycles. The van der Waals surface area contributed by atoms with Gasteiger partial charge in [0, 0.05) is 22.8 Å². The molecule has 25 heavy (non-hydrogen) atoms. The zero-order chi connectivity index (χ0) is 17.6. The van der Waals surface area contributed by atoms with E-state index < -0.39 is 0 Å². The molecule has 0 saturated heterocycles. The van der Waals surface area contributed by atoms with E-state index >= 15 is 0 Å². The van der Waals surface area contributed by atoms with E-state index in [0.717, 1.165) is 16.8 Å². The maximum absolute atomic E-state index is 13.6. The van der Waals surface area contributed by atoms with Crippen LogP contribution in [0.2, 0.25) is 0 Å². The minimum Gasteiger partial charge on any atom is -0.358 e. The molecule has 2 amide bonds. The highest BCUT2D eigenvalue weighted by atomic mass is 19.1. The zero-order valence-corrected chi connectivity index (χ0v) is 13.5. The molecule has 1 aliphatic heterocycles.